The molecule has 0 aliphatic heterocycles. The summed E-state index contributed by atoms with van der Waals surface area (Å²) in [4.78, 5) is 8.51. The lowest BCUT2D eigenvalue weighted by atomic mass is 10.2. The van der Waals surface area contributed by atoms with Gasteiger partial charge in [-0.1, -0.05) is 0 Å². The molecule has 5 nitrogen and oxygen atoms in total. The van der Waals surface area contributed by atoms with Gasteiger partial charge in [-0.2, -0.15) is 5.10 Å². The van der Waals surface area contributed by atoms with Crippen LogP contribution in [0.2, 0.25) is 0 Å². The quantitative estimate of drug-likeness (QED) is 0.938. The lowest BCUT2D eigenvalue weighted by molar-refractivity contribution is 0.588. The fraction of sp³-hybridized carbons (Fsp3) is 0.364. The molecule has 0 aliphatic rings. The Morgan fingerprint density at radius 1 is 1.35 bits per heavy atom. The van der Waals surface area contributed by atoms with Gasteiger partial charge in [0.15, 0.2) is 5.82 Å². The van der Waals surface area contributed by atoms with E-state index in [2.05, 4.69) is 31.0 Å². The monoisotopic (exact) mass is 295 g/mol. The highest BCUT2D eigenvalue weighted by Gasteiger charge is 2.19. The van der Waals surface area contributed by atoms with Crippen molar-refractivity contribution in [2.75, 3.05) is 0 Å². The van der Waals surface area contributed by atoms with Crippen LogP contribution in [0.15, 0.2) is 23.1 Å². The highest BCUT2D eigenvalue weighted by Crippen LogP contribution is 2.24. The van der Waals surface area contributed by atoms with Crippen LogP contribution in [0, 0.1) is 6.92 Å². The lowest BCUT2D eigenvalue weighted by Gasteiger charge is -2.12. The molecule has 2 heterocycles. The Morgan fingerprint density at radius 3 is 2.59 bits per heavy atom. The van der Waals surface area contributed by atoms with Gasteiger partial charge in [-0.3, -0.25) is 4.68 Å². The Labute approximate surface area is 108 Å². The topological polar surface area (TPSA) is 69.6 Å². The second kappa shape index (κ2) is 4.93. The molecular weight excluding hydrogens is 282 g/mol. The third kappa shape index (κ3) is 2.37. The Balaban J connectivity index is 2.39. The van der Waals surface area contributed by atoms with Crippen molar-refractivity contribution in [2.45, 2.75) is 26.4 Å². The number of nitrogens with zero attached hydrogens (tertiary/aromatic N) is 4. The molecule has 0 saturated carbocycles. The molecule has 0 saturated heterocycles. The summed E-state index contributed by atoms with van der Waals surface area (Å²) in [7, 11) is 0. The number of rotatable bonds is 3. The second-order valence-corrected chi connectivity index (χ2v) is 4.64. The first kappa shape index (κ1) is 12.2. The SMILES string of the molecule is CCn1ncc(Br)c1C(N)c1ncc(C)cn1. The van der Waals surface area contributed by atoms with Crippen molar-refractivity contribution in [3.8, 4) is 0 Å². The fourth-order valence-corrected chi connectivity index (χ4v) is 2.16. The molecule has 0 amide bonds. The van der Waals surface area contributed by atoms with Crippen LogP contribution in [0.1, 0.15) is 30.0 Å². The van der Waals surface area contributed by atoms with E-state index in [0.29, 0.717) is 5.82 Å². The highest BCUT2D eigenvalue weighted by atomic mass is 79.9. The molecule has 2 aromatic heterocycles. The first-order valence-electron chi connectivity index (χ1n) is 5.38. The number of aryl methyl sites for hydroxylation is 2. The zero-order valence-corrected chi connectivity index (χ0v) is 11.3. The summed E-state index contributed by atoms with van der Waals surface area (Å²) >= 11 is 3.45. The summed E-state index contributed by atoms with van der Waals surface area (Å²) < 4.78 is 2.73. The van der Waals surface area contributed by atoms with Crippen LogP contribution in [0.4, 0.5) is 0 Å². The molecule has 0 fully saturated rings. The summed E-state index contributed by atoms with van der Waals surface area (Å²) in [6.07, 6.45) is 5.28. The van der Waals surface area contributed by atoms with Crippen molar-refractivity contribution >= 4 is 15.9 Å². The van der Waals surface area contributed by atoms with E-state index in [0.717, 1.165) is 22.3 Å². The Morgan fingerprint density at radius 2 is 2.00 bits per heavy atom. The normalized spacial score (nSPS) is 12.7. The molecule has 2 rings (SSSR count). The molecular formula is C11H14BrN5. The van der Waals surface area contributed by atoms with E-state index in [9.17, 15) is 0 Å². The maximum Gasteiger partial charge on any atom is 0.151 e. The summed E-state index contributed by atoms with van der Waals surface area (Å²) in [6.45, 7) is 4.73. The molecule has 90 valence electrons. The first-order valence-corrected chi connectivity index (χ1v) is 6.18. The highest BCUT2D eigenvalue weighted by molar-refractivity contribution is 9.10. The van der Waals surface area contributed by atoms with Crippen molar-refractivity contribution in [1.29, 1.82) is 0 Å². The van der Waals surface area contributed by atoms with Crippen LogP contribution < -0.4 is 5.73 Å². The molecule has 17 heavy (non-hydrogen) atoms. The van der Waals surface area contributed by atoms with E-state index in [4.69, 9.17) is 5.73 Å². The zero-order chi connectivity index (χ0) is 12.4. The minimum Gasteiger partial charge on any atom is -0.316 e. The predicted octanol–water partition coefficient (Wildman–Crippen LogP) is 1.81. The molecule has 0 aromatic carbocycles. The number of halogens is 1. The fourth-order valence-electron chi connectivity index (χ4n) is 1.62. The van der Waals surface area contributed by atoms with Gasteiger partial charge in [0.1, 0.15) is 6.04 Å². The Hall–Kier alpha value is -1.27. The summed E-state index contributed by atoms with van der Waals surface area (Å²) in [5.41, 5.74) is 8.09. The van der Waals surface area contributed by atoms with E-state index < -0.39 is 0 Å². The van der Waals surface area contributed by atoms with Crippen LogP contribution in [0.5, 0.6) is 0 Å². The van der Waals surface area contributed by atoms with E-state index in [1.54, 1.807) is 18.6 Å². The van der Waals surface area contributed by atoms with Gasteiger partial charge < -0.3 is 5.73 Å². The second-order valence-electron chi connectivity index (χ2n) is 3.79. The van der Waals surface area contributed by atoms with Crippen LogP contribution >= 0.6 is 15.9 Å². The standard InChI is InChI=1S/C11H14BrN5/c1-3-17-10(8(12)6-16-17)9(13)11-14-4-7(2)5-15-11/h4-6,9H,3,13H2,1-2H3. The zero-order valence-electron chi connectivity index (χ0n) is 9.76. The molecule has 1 atom stereocenters. The number of aromatic nitrogens is 4. The largest absolute Gasteiger partial charge is 0.316 e. The van der Waals surface area contributed by atoms with Gasteiger partial charge in [0.25, 0.3) is 0 Å². The van der Waals surface area contributed by atoms with Crippen molar-refractivity contribution < 1.29 is 0 Å². The van der Waals surface area contributed by atoms with Crippen LogP contribution in [0.25, 0.3) is 0 Å². The van der Waals surface area contributed by atoms with Gasteiger partial charge in [-0.15, -0.1) is 0 Å². The Bertz CT molecular complexity index is 505. The molecule has 0 spiro atoms. The van der Waals surface area contributed by atoms with E-state index >= 15 is 0 Å². The lowest BCUT2D eigenvalue weighted by Crippen LogP contribution is -2.20. The number of hydrogen-bond acceptors (Lipinski definition) is 4. The predicted molar refractivity (Wildman–Crippen MR) is 68.4 cm³/mol. The summed E-state index contributed by atoms with van der Waals surface area (Å²) in [5.74, 6) is 0.603. The van der Waals surface area contributed by atoms with Gasteiger partial charge in [0.2, 0.25) is 0 Å². The smallest absolute Gasteiger partial charge is 0.151 e. The third-order valence-electron chi connectivity index (χ3n) is 2.51. The van der Waals surface area contributed by atoms with E-state index in [1.807, 2.05) is 18.5 Å². The molecule has 6 heteroatoms. The molecule has 1 unspecified atom stereocenters. The number of nitrogens with two attached hydrogens (primary N) is 1. The summed E-state index contributed by atoms with van der Waals surface area (Å²) in [5, 5.41) is 4.23. The molecule has 2 N–H and O–H groups in total. The average molecular weight is 296 g/mol. The van der Waals surface area contributed by atoms with E-state index in [-0.39, 0.29) is 6.04 Å². The van der Waals surface area contributed by atoms with Gasteiger partial charge in [0.05, 0.1) is 16.4 Å². The Kier molecular flexibility index (Phi) is 3.54. The number of hydrogen-bond donors (Lipinski definition) is 1. The van der Waals surface area contributed by atoms with Crippen molar-refractivity contribution in [2.24, 2.45) is 5.73 Å². The van der Waals surface area contributed by atoms with Crippen molar-refractivity contribution in [1.82, 2.24) is 19.7 Å². The minimum atomic E-state index is -0.368. The first-order chi connectivity index (χ1) is 8.13. The van der Waals surface area contributed by atoms with Crippen LogP contribution in [-0.2, 0) is 6.54 Å². The van der Waals surface area contributed by atoms with Gasteiger partial charge in [-0.05, 0) is 35.3 Å². The minimum absolute atomic E-state index is 0.368. The van der Waals surface area contributed by atoms with Gasteiger partial charge in [-0.25, -0.2) is 9.97 Å². The van der Waals surface area contributed by atoms with Crippen molar-refractivity contribution in [3.63, 3.8) is 0 Å². The third-order valence-corrected chi connectivity index (χ3v) is 3.12. The molecule has 0 aliphatic carbocycles. The van der Waals surface area contributed by atoms with Crippen molar-refractivity contribution in [3.05, 3.63) is 40.1 Å². The van der Waals surface area contributed by atoms with Gasteiger partial charge in [0, 0.05) is 18.9 Å². The van der Waals surface area contributed by atoms with Crippen LogP contribution in [-0.4, -0.2) is 19.7 Å². The van der Waals surface area contributed by atoms with Gasteiger partial charge >= 0.3 is 0 Å². The molecule has 0 radical (unpaired) electrons. The van der Waals surface area contributed by atoms with E-state index in [1.165, 1.54) is 0 Å². The maximum absolute atomic E-state index is 6.17. The maximum atomic E-state index is 6.17. The molecule has 0 bridgehead atoms. The average Bonchev–Trinajstić information content (AvgIpc) is 2.70. The summed E-state index contributed by atoms with van der Waals surface area (Å²) in [6, 6.07) is -0.368. The molecule has 2 aromatic rings. The van der Waals surface area contributed by atoms with Crippen LogP contribution in [0.3, 0.4) is 0 Å².